The smallest absolute Gasteiger partial charge is 0.305 e. The van der Waals surface area contributed by atoms with Crippen LogP contribution in [0.2, 0.25) is 0 Å². The zero-order valence-electron chi connectivity index (χ0n) is 12.9. The third kappa shape index (κ3) is 9.91. The lowest BCUT2D eigenvalue weighted by molar-refractivity contribution is -0.145. The Labute approximate surface area is 127 Å². The minimum Gasteiger partial charge on any atom is -0.491 e. The molecule has 0 saturated carbocycles. The normalized spacial score (nSPS) is 10.3. The van der Waals surface area contributed by atoms with Crippen LogP contribution in [0.4, 0.5) is 0 Å². The van der Waals surface area contributed by atoms with Crippen molar-refractivity contribution in [3.8, 4) is 5.75 Å². The van der Waals surface area contributed by atoms with Gasteiger partial charge in [0.05, 0.1) is 13.2 Å². The number of carbonyl (C=O) groups is 1. The van der Waals surface area contributed by atoms with Crippen molar-refractivity contribution in [2.75, 3.05) is 26.4 Å². The van der Waals surface area contributed by atoms with Crippen molar-refractivity contribution in [3.05, 3.63) is 30.3 Å². The van der Waals surface area contributed by atoms with Crippen LogP contribution in [0, 0.1) is 0 Å². The van der Waals surface area contributed by atoms with Crippen LogP contribution in [-0.4, -0.2) is 32.4 Å². The fourth-order valence-corrected chi connectivity index (χ4v) is 1.82. The van der Waals surface area contributed by atoms with E-state index in [-0.39, 0.29) is 5.97 Å². The number of benzene rings is 1. The van der Waals surface area contributed by atoms with Gasteiger partial charge in [0.2, 0.25) is 0 Å². The van der Waals surface area contributed by atoms with Gasteiger partial charge in [0.15, 0.2) is 0 Å². The second kappa shape index (κ2) is 12.2. The molecule has 0 aromatic heterocycles. The van der Waals surface area contributed by atoms with E-state index in [1.807, 2.05) is 30.3 Å². The topological polar surface area (TPSA) is 44.8 Å². The second-order valence-electron chi connectivity index (χ2n) is 4.81. The minimum atomic E-state index is -0.129. The van der Waals surface area contributed by atoms with Crippen LogP contribution in [0.25, 0.3) is 0 Å². The molecule has 0 aliphatic carbocycles. The summed E-state index contributed by atoms with van der Waals surface area (Å²) in [4.78, 5) is 11.4. The molecule has 0 bridgehead atoms. The molecule has 1 aromatic carbocycles. The predicted octanol–water partition coefficient (Wildman–Crippen LogP) is 3.60. The Morgan fingerprint density at radius 1 is 0.952 bits per heavy atom. The number of rotatable bonds is 12. The van der Waals surface area contributed by atoms with Crippen molar-refractivity contribution >= 4 is 5.97 Å². The van der Waals surface area contributed by atoms with Crippen molar-refractivity contribution < 1.29 is 19.0 Å². The molecule has 0 aliphatic rings. The van der Waals surface area contributed by atoms with Crippen LogP contribution in [-0.2, 0) is 14.3 Å². The zero-order valence-corrected chi connectivity index (χ0v) is 12.9. The first kappa shape index (κ1) is 17.5. The first-order chi connectivity index (χ1) is 10.3. The molecule has 1 aromatic rings. The Kier molecular flexibility index (Phi) is 10.2. The van der Waals surface area contributed by atoms with Gasteiger partial charge < -0.3 is 14.2 Å². The zero-order chi connectivity index (χ0) is 15.2. The van der Waals surface area contributed by atoms with Crippen LogP contribution < -0.4 is 4.74 Å². The minimum absolute atomic E-state index is 0.129. The van der Waals surface area contributed by atoms with E-state index < -0.39 is 0 Å². The molecule has 0 saturated heterocycles. The summed E-state index contributed by atoms with van der Waals surface area (Å²) in [5.74, 6) is 0.704. The second-order valence-corrected chi connectivity index (χ2v) is 4.81. The maximum Gasteiger partial charge on any atom is 0.305 e. The first-order valence-corrected chi connectivity index (χ1v) is 7.74. The van der Waals surface area contributed by atoms with Crippen LogP contribution in [0.15, 0.2) is 30.3 Å². The van der Waals surface area contributed by atoms with Gasteiger partial charge in [-0.15, -0.1) is 0 Å². The summed E-state index contributed by atoms with van der Waals surface area (Å²) < 4.78 is 15.9. The van der Waals surface area contributed by atoms with E-state index in [1.165, 1.54) is 12.8 Å². The molecule has 4 nitrogen and oxygen atoms in total. The molecular formula is C17H26O4. The highest BCUT2D eigenvalue weighted by Crippen LogP contribution is 2.07. The molecule has 0 atom stereocenters. The number of ether oxygens (including phenoxy) is 3. The van der Waals surface area contributed by atoms with Gasteiger partial charge >= 0.3 is 5.97 Å². The maximum atomic E-state index is 11.4. The summed E-state index contributed by atoms with van der Waals surface area (Å²) in [6, 6.07) is 9.60. The van der Waals surface area contributed by atoms with Gasteiger partial charge in [-0.1, -0.05) is 44.4 Å². The number of hydrogen-bond donors (Lipinski definition) is 0. The molecule has 0 unspecified atom stereocenters. The average Bonchev–Trinajstić information content (AvgIpc) is 2.51. The number of unbranched alkanes of at least 4 members (excludes halogenated alkanes) is 3. The van der Waals surface area contributed by atoms with E-state index in [0.717, 1.165) is 18.6 Å². The summed E-state index contributed by atoms with van der Waals surface area (Å²) in [5, 5.41) is 0. The quantitative estimate of drug-likeness (QED) is 0.436. The van der Waals surface area contributed by atoms with E-state index in [9.17, 15) is 4.79 Å². The van der Waals surface area contributed by atoms with Gasteiger partial charge in [-0.2, -0.15) is 0 Å². The molecule has 0 fully saturated rings. The lowest BCUT2D eigenvalue weighted by atomic mass is 10.2. The maximum absolute atomic E-state index is 11.4. The van der Waals surface area contributed by atoms with Crippen LogP contribution in [0.1, 0.15) is 39.0 Å². The summed E-state index contributed by atoms with van der Waals surface area (Å²) in [6.07, 6.45) is 4.88. The molecule has 0 aliphatic heterocycles. The van der Waals surface area contributed by atoms with Crippen molar-refractivity contribution in [3.63, 3.8) is 0 Å². The monoisotopic (exact) mass is 294 g/mol. The number of para-hydroxylation sites is 1. The van der Waals surface area contributed by atoms with Crippen LogP contribution in [0.3, 0.4) is 0 Å². The Bertz CT molecular complexity index is 364. The molecule has 1 rings (SSSR count). The van der Waals surface area contributed by atoms with Crippen LogP contribution >= 0.6 is 0 Å². The summed E-state index contributed by atoms with van der Waals surface area (Å²) in [5.41, 5.74) is 0. The Morgan fingerprint density at radius 2 is 1.71 bits per heavy atom. The Hall–Kier alpha value is -1.55. The van der Waals surface area contributed by atoms with Gasteiger partial charge in [0.25, 0.3) is 0 Å². The standard InChI is InChI=1S/C17H26O4/c1-2-3-4-8-11-17(18)21-15-13-19-12-14-20-16-9-6-5-7-10-16/h5-7,9-10H,2-4,8,11-15H2,1H3. The van der Waals surface area contributed by atoms with Gasteiger partial charge in [0.1, 0.15) is 19.0 Å². The molecule has 4 heteroatoms. The molecule has 21 heavy (non-hydrogen) atoms. The third-order valence-corrected chi connectivity index (χ3v) is 2.96. The largest absolute Gasteiger partial charge is 0.491 e. The van der Waals surface area contributed by atoms with Gasteiger partial charge in [-0.25, -0.2) is 0 Å². The van der Waals surface area contributed by atoms with Crippen molar-refractivity contribution in [1.29, 1.82) is 0 Å². The molecule has 0 amide bonds. The fraction of sp³-hybridized carbons (Fsp3) is 0.588. The van der Waals surface area contributed by atoms with Gasteiger partial charge in [-0.05, 0) is 18.6 Å². The van der Waals surface area contributed by atoms with Crippen molar-refractivity contribution in [2.45, 2.75) is 39.0 Å². The van der Waals surface area contributed by atoms with E-state index in [0.29, 0.717) is 32.8 Å². The van der Waals surface area contributed by atoms with E-state index >= 15 is 0 Å². The average molecular weight is 294 g/mol. The summed E-state index contributed by atoms with van der Waals surface area (Å²) in [7, 11) is 0. The number of esters is 1. The fourth-order valence-electron chi connectivity index (χ4n) is 1.82. The Morgan fingerprint density at radius 3 is 2.48 bits per heavy atom. The van der Waals surface area contributed by atoms with Gasteiger partial charge in [0, 0.05) is 6.42 Å². The van der Waals surface area contributed by atoms with E-state index in [4.69, 9.17) is 14.2 Å². The molecule has 0 heterocycles. The van der Waals surface area contributed by atoms with Crippen molar-refractivity contribution in [1.82, 2.24) is 0 Å². The molecule has 0 spiro atoms. The van der Waals surface area contributed by atoms with Gasteiger partial charge in [-0.3, -0.25) is 4.79 Å². The molecule has 118 valence electrons. The third-order valence-electron chi connectivity index (χ3n) is 2.96. The summed E-state index contributed by atoms with van der Waals surface area (Å²) in [6.45, 7) is 3.87. The van der Waals surface area contributed by atoms with Crippen LogP contribution in [0.5, 0.6) is 5.75 Å². The SMILES string of the molecule is CCCCCCC(=O)OCCOCCOc1ccccc1. The molecular weight excluding hydrogens is 268 g/mol. The van der Waals surface area contributed by atoms with E-state index in [1.54, 1.807) is 0 Å². The lowest BCUT2D eigenvalue weighted by Crippen LogP contribution is -2.13. The highest BCUT2D eigenvalue weighted by Gasteiger charge is 2.02. The summed E-state index contributed by atoms with van der Waals surface area (Å²) >= 11 is 0. The highest BCUT2D eigenvalue weighted by atomic mass is 16.6. The highest BCUT2D eigenvalue weighted by molar-refractivity contribution is 5.69. The molecule has 0 N–H and O–H groups in total. The first-order valence-electron chi connectivity index (χ1n) is 7.74. The number of carbonyl (C=O) groups excluding carboxylic acids is 1. The van der Waals surface area contributed by atoms with Crippen molar-refractivity contribution in [2.24, 2.45) is 0 Å². The number of hydrogen-bond acceptors (Lipinski definition) is 4. The van der Waals surface area contributed by atoms with E-state index in [2.05, 4.69) is 6.92 Å². The molecule has 0 radical (unpaired) electrons. The Balaban J connectivity index is 1.87. The lowest BCUT2D eigenvalue weighted by Gasteiger charge is -2.07. The predicted molar refractivity (Wildman–Crippen MR) is 82.5 cm³/mol.